The molecule has 0 radical (unpaired) electrons. The summed E-state index contributed by atoms with van der Waals surface area (Å²) in [7, 11) is 0. The number of aliphatic hydroxyl groups excluding tert-OH is 5. The standard InChI is InChI=1S/C73H125NO10/c1-4-7-10-13-16-19-22-25-27-29-31-32-33-34-35-36-37-39-41-43-46-49-52-55-58-61-68(78)84-71-70(80)69(79)67(62-75)83-73(71)82-63-64(65(76)59-56-53-50-47-44-24-21-18-15-12-9-6-3)74-72(81)66(77)60-57-54-51-48-45-42-40-38-30-28-26-23-20-17-14-11-8-5-2/h8,11,16-17,19-20,25-28,38,40,45,48,54,56-57,59,64-67,69-71,73,75-77,79-80H,4-7,9-10,12-15,18,21-24,29-37,39,41-44,46-47,49-53,55,58,60-63H2,1-3H3,(H,74,81)/b11-8-,19-16-,20-17-,27-25-,28-26-,40-38-,48-45-,57-54-,59-56+. The lowest BCUT2D eigenvalue weighted by atomic mass is 9.99. The molecular formula is C73H125NO10. The lowest BCUT2D eigenvalue weighted by Crippen LogP contribution is -2.61. The van der Waals surface area contributed by atoms with E-state index in [2.05, 4.69) is 105 Å². The van der Waals surface area contributed by atoms with Crippen molar-refractivity contribution < 1.29 is 49.3 Å². The van der Waals surface area contributed by atoms with Crippen molar-refractivity contribution in [1.82, 2.24) is 5.32 Å². The highest BCUT2D eigenvalue weighted by Crippen LogP contribution is 2.26. The van der Waals surface area contributed by atoms with Crippen LogP contribution in [0, 0.1) is 0 Å². The lowest BCUT2D eigenvalue weighted by Gasteiger charge is -2.41. The summed E-state index contributed by atoms with van der Waals surface area (Å²) in [5, 5.41) is 57.0. The van der Waals surface area contributed by atoms with Crippen molar-refractivity contribution in [3.63, 3.8) is 0 Å². The highest BCUT2D eigenvalue weighted by molar-refractivity contribution is 5.81. The van der Waals surface area contributed by atoms with Gasteiger partial charge in [-0.15, -0.1) is 0 Å². The van der Waals surface area contributed by atoms with Crippen LogP contribution in [-0.2, 0) is 23.8 Å². The van der Waals surface area contributed by atoms with Gasteiger partial charge in [-0.05, 0) is 89.9 Å². The Labute approximate surface area is 513 Å². The van der Waals surface area contributed by atoms with Crippen LogP contribution in [0.15, 0.2) is 109 Å². The minimum Gasteiger partial charge on any atom is -0.454 e. The fourth-order valence-corrected chi connectivity index (χ4v) is 10.1. The van der Waals surface area contributed by atoms with Crippen LogP contribution in [0.25, 0.3) is 0 Å². The summed E-state index contributed by atoms with van der Waals surface area (Å²) in [6.45, 7) is 5.62. The van der Waals surface area contributed by atoms with Gasteiger partial charge in [0.15, 0.2) is 12.4 Å². The summed E-state index contributed by atoms with van der Waals surface area (Å²) in [6.07, 6.45) is 71.5. The van der Waals surface area contributed by atoms with Crippen molar-refractivity contribution in [3.8, 4) is 0 Å². The number of esters is 1. The van der Waals surface area contributed by atoms with Gasteiger partial charge in [-0.2, -0.15) is 0 Å². The van der Waals surface area contributed by atoms with E-state index < -0.39 is 67.4 Å². The zero-order chi connectivity index (χ0) is 61.0. The molecule has 11 heteroatoms. The Morgan fingerprint density at radius 2 is 0.857 bits per heavy atom. The van der Waals surface area contributed by atoms with Gasteiger partial charge in [-0.1, -0.05) is 284 Å². The molecule has 0 aliphatic carbocycles. The molecule has 0 bridgehead atoms. The molecule has 8 atom stereocenters. The molecule has 0 spiro atoms. The molecule has 1 aliphatic rings. The molecule has 1 saturated heterocycles. The molecule has 1 amide bonds. The number of allylic oxidation sites excluding steroid dienone is 16. The second kappa shape index (κ2) is 59.6. The number of rotatable bonds is 57. The Morgan fingerprint density at radius 3 is 1.31 bits per heavy atom. The Bertz CT molecular complexity index is 1780. The van der Waals surface area contributed by atoms with Crippen molar-refractivity contribution in [2.45, 2.75) is 327 Å². The third kappa shape index (κ3) is 46.5. The molecule has 1 heterocycles. The SMILES string of the molecule is CC/C=C\C/C=C\C/C=C\C/C=C\C/C=C\C/C=C\CC(O)C(=O)NC(COC1OC(CO)C(O)C(O)C1OC(=O)CCCCCCCCCCCCCCCCC/C=C\C/C=C\CCCCC)C(O)/C=C/CCCCCCCCCCCC. The van der Waals surface area contributed by atoms with E-state index in [4.69, 9.17) is 14.2 Å². The average molecular weight is 1180 g/mol. The predicted molar refractivity (Wildman–Crippen MR) is 351 cm³/mol. The van der Waals surface area contributed by atoms with Gasteiger partial charge < -0.3 is 45.1 Å². The molecule has 0 aromatic heterocycles. The fourth-order valence-electron chi connectivity index (χ4n) is 10.1. The van der Waals surface area contributed by atoms with E-state index in [-0.39, 0.29) is 19.4 Å². The average Bonchev–Trinajstić information content (AvgIpc) is 3.67. The second-order valence-corrected chi connectivity index (χ2v) is 23.2. The van der Waals surface area contributed by atoms with Gasteiger partial charge in [-0.3, -0.25) is 9.59 Å². The summed E-state index contributed by atoms with van der Waals surface area (Å²) < 4.78 is 17.6. The number of hydrogen-bond acceptors (Lipinski definition) is 10. The van der Waals surface area contributed by atoms with Crippen LogP contribution in [0.5, 0.6) is 0 Å². The summed E-state index contributed by atoms with van der Waals surface area (Å²) >= 11 is 0. The molecule has 1 aliphatic heterocycles. The minimum atomic E-state index is -1.63. The van der Waals surface area contributed by atoms with Gasteiger partial charge >= 0.3 is 5.97 Å². The molecular weight excluding hydrogens is 1050 g/mol. The number of nitrogens with one attached hydrogen (secondary N) is 1. The van der Waals surface area contributed by atoms with Crippen molar-refractivity contribution in [3.05, 3.63) is 109 Å². The van der Waals surface area contributed by atoms with E-state index in [1.165, 1.54) is 148 Å². The minimum absolute atomic E-state index is 0.0539. The second-order valence-electron chi connectivity index (χ2n) is 23.2. The Kier molecular flexibility index (Phi) is 55.6. The number of ether oxygens (including phenoxy) is 3. The van der Waals surface area contributed by atoms with Gasteiger partial charge in [0.2, 0.25) is 5.91 Å². The zero-order valence-electron chi connectivity index (χ0n) is 53.5. The van der Waals surface area contributed by atoms with Crippen LogP contribution in [0.3, 0.4) is 0 Å². The van der Waals surface area contributed by atoms with Crippen LogP contribution in [0.4, 0.5) is 0 Å². The smallest absolute Gasteiger partial charge is 0.306 e. The van der Waals surface area contributed by atoms with Gasteiger partial charge in [0, 0.05) is 12.8 Å². The van der Waals surface area contributed by atoms with Crippen LogP contribution in [0.2, 0.25) is 0 Å². The molecule has 8 unspecified atom stereocenters. The van der Waals surface area contributed by atoms with Gasteiger partial charge in [-0.25, -0.2) is 0 Å². The zero-order valence-corrected chi connectivity index (χ0v) is 53.5. The summed E-state index contributed by atoms with van der Waals surface area (Å²) in [4.78, 5) is 26.6. The van der Waals surface area contributed by atoms with Crippen molar-refractivity contribution >= 4 is 11.9 Å². The van der Waals surface area contributed by atoms with Crippen LogP contribution in [0.1, 0.15) is 278 Å². The lowest BCUT2D eigenvalue weighted by molar-refractivity contribution is -0.305. The summed E-state index contributed by atoms with van der Waals surface area (Å²) in [5.41, 5.74) is 0. The molecule has 1 rings (SSSR count). The highest BCUT2D eigenvalue weighted by Gasteiger charge is 2.47. The Hall–Kier alpha value is -3.68. The maximum absolute atomic E-state index is 13.4. The third-order valence-corrected chi connectivity index (χ3v) is 15.4. The van der Waals surface area contributed by atoms with E-state index in [9.17, 15) is 35.1 Å². The number of hydrogen-bond donors (Lipinski definition) is 6. The van der Waals surface area contributed by atoms with E-state index in [1.54, 1.807) is 12.2 Å². The molecule has 1 fully saturated rings. The number of unbranched alkanes of at least 4 members (excludes halogenated alkanes) is 28. The maximum Gasteiger partial charge on any atom is 0.306 e. The first kappa shape index (κ1) is 78.3. The van der Waals surface area contributed by atoms with Gasteiger partial charge in [0.25, 0.3) is 0 Å². The van der Waals surface area contributed by atoms with Crippen molar-refractivity contribution in [2.24, 2.45) is 0 Å². The Morgan fingerprint density at radius 1 is 0.476 bits per heavy atom. The predicted octanol–water partition coefficient (Wildman–Crippen LogP) is 17.2. The van der Waals surface area contributed by atoms with E-state index in [1.807, 2.05) is 18.2 Å². The van der Waals surface area contributed by atoms with Crippen LogP contribution >= 0.6 is 0 Å². The van der Waals surface area contributed by atoms with E-state index in [0.717, 1.165) is 83.5 Å². The fraction of sp³-hybridized carbons (Fsp3) is 0.726. The highest BCUT2D eigenvalue weighted by atomic mass is 16.7. The van der Waals surface area contributed by atoms with Gasteiger partial charge in [0.05, 0.1) is 25.4 Å². The first-order valence-corrected chi connectivity index (χ1v) is 34.2. The van der Waals surface area contributed by atoms with E-state index in [0.29, 0.717) is 12.8 Å². The largest absolute Gasteiger partial charge is 0.454 e. The first-order chi connectivity index (χ1) is 41.2. The topological polar surface area (TPSA) is 175 Å². The molecule has 0 aromatic rings. The van der Waals surface area contributed by atoms with Crippen LogP contribution < -0.4 is 5.32 Å². The summed E-state index contributed by atoms with van der Waals surface area (Å²) in [6, 6.07) is -1.07. The quantitative estimate of drug-likeness (QED) is 0.0195. The Balaban J connectivity index is 2.63. The number of carbonyl (C=O) groups is 2. The van der Waals surface area contributed by atoms with Crippen LogP contribution in [-0.4, -0.2) is 99.6 Å². The monoisotopic (exact) mass is 1180 g/mol. The molecule has 11 nitrogen and oxygen atoms in total. The maximum atomic E-state index is 13.4. The molecule has 482 valence electrons. The molecule has 84 heavy (non-hydrogen) atoms. The van der Waals surface area contributed by atoms with Gasteiger partial charge in [0.1, 0.15) is 24.4 Å². The van der Waals surface area contributed by atoms with Crippen molar-refractivity contribution in [1.29, 1.82) is 0 Å². The third-order valence-electron chi connectivity index (χ3n) is 15.4. The molecule has 6 N–H and O–H groups in total. The normalized spacial score (nSPS) is 19.2. The molecule has 0 aromatic carbocycles. The summed E-state index contributed by atoms with van der Waals surface area (Å²) in [5.74, 6) is -1.29. The number of aliphatic hydroxyl groups is 5. The number of carbonyl (C=O) groups excluding carboxylic acids is 2. The van der Waals surface area contributed by atoms with E-state index >= 15 is 0 Å². The number of amides is 1. The van der Waals surface area contributed by atoms with Crippen molar-refractivity contribution in [2.75, 3.05) is 13.2 Å². The molecule has 0 saturated carbocycles. The first-order valence-electron chi connectivity index (χ1n) is 34.2.